The number of carbonyl (C=O) groups is 1. The Hall–Kier alpha value is -1.94. The molecule has 20 heavy (non-hydrogen) atoms. The molecule has 1 amide bonds. The highest BCUT2D eigenvalue weighted by Gasteiger charge is 2.04. The standard InChI is InChI=1S/C16H17NO2S/c1-19-14-7-5-12(6-8-14)9-10-17-16(18)13-3-2-4-15(20)11-13/h2-8,11,20H,9-10H2,1H3,(H,17,18). The summed E-state index contributed by atoms with van der Waals surface area (Å²) in [5.41, 5.74) is 1.79. The lowest BCUT2D eigenvalue weighted by Gasteiger charge is -2.06. The minimum Gasteiger partial charge on any atom is -0.497 e. The largest absolute Gasteiger partial charge is 0.497 e. The Morgan fingerprint density at radius 3 is 2.60 bits per heavy atom. The molecule has 2 rings (SSSR count). The van der Waals surface area contributed by atoms with E-state index in [1.54, 1.807) is 19.2 Å². The molecule has 0 aliphatic rings. The van der Waals surface area contributed by atoms with E-state index in [1.165, 1.54) is 0 Å². The van der Waals surface area contributed by atoms with Gasteiger partial charge in [0.05, 0.1) is 7.11 Å². The Labute approximate surface area is 124 Å². The van der Waals surface area contributed by atoms with Gasteiger partial charge in [-0.3, -0.25) is 4.79 Å². The van der Waals surface area contributed by atoms with Crippen molar-refractivity contribution in [1.29, 1.82) is 0 Å². The van der Waals surface area contributed by atoms with Crippen LogP contribution in [0, 0.1) is 0 Å². The van der Waals surface area contributed by atoms with E-state index >= 15 is 0 Å². The van der Waals surface area contributed by atoms with Gasteiger partial charge in [-0.2, -0.15) is 0 Å². The molecule has 4 heteroatoms. The summed E-state index contributed by atoms with van der Waals surface area (Å²) in [6, 6.07) is 15.0. The van der Waals surface area contributed by atoms with Gasteiger partial charge < -0.3 is 10.1 Å². The van der Waals surface area contributed by atoms with Crippen LogP contribution in [-0.2, 0) is 6.42 Å². The molecule has 1 N–H and O–H groups in total. The van der Waals surface area contributed by atoms with Gasteiger partial charge in [-0.25, -0.2) is 0 Å². The summed E-state index contributed by atoms with van der Waals surface area (Å²) in [5, 5.41) is 2.90. The van der Waals surface area contributed by atoms with Crippen molar-refractivity contribution in [3.8, 4) is 5.75 Å². The Bertz CT molecular complexity index is 581. The topological polar surface area (TPSA) is 38.3 Å². The zero-order chi connectivity index (χ0) is 14.4. The predicted molar refractivity (Wildman–Crippen MR) is 82.7 cm³/mol. The monoisotopic (exact) mass is 287 g/mol. The van der Waals surface area contributed by atoms with Gasteiger partial charge >= 0.3 is 0 Å². The maximum absolute atomic E-state index is 11.9. The van der Waals surface area contributed by atoms with Crippen molar-refractivity contribution >= 4 is 18.5 Å². The van der Waals surface area contributed by atoms with Gasteiger partial charge in [-0.1, -0.05) is 18.2 Å². The van der Waals surface area contributed by atoms with Gasteiger partial charge in [0.1, 0.15) is 5.75 Å². The number of thiol groups is 1. The lowest BCUT2D eigenvalue weighted by molar-refractivity contribution is 0.0954. The predicted octanol–water partition coefficient (Wildman–Crippen LogP) is 2.96. The van der Waals surface area contributed by atoms with E-state index in [1.807, 2.05) is 36.4 Å². The Morgan fingerprint density at radius 2 is 1.95 bits per heavy atom. The minimum absolute atomic E-state index is 0.0746. The molecule has 0 radical (unpaired) electrons. The van der Waals surface area contributed by atoms with Gasteiger partial charge in [-0.05, 0) is 42.3 Å². The number of ether oxygens (including phenoxy) is 1. The number of benzene rings is 2. The highest BCUT2D eigenvalue weighted by atomic mass is 32.1. The summed E-state index contributed by atoms with van der Waals surface area (Å²) in [5.74, 6) is 0.762. The van der Waals surface area contributed by atoms with Crippen molar-refractivity contribution in [2.24, 2.45) is 0 Å². The fourth-order valence-electron chi connectivity index (χ4n) is 1.86. The molecule has 0 aliphatic carbocycles. The molecule has 0 saturated carbocycles. The third-order valence-corrected chi connectivity index (χ3v) is 3.24. The first-order valence-electron chi connectivity index (χ1n) is 6.39. The average molecular weight is 287 g/mol. The fourth-order valence-corrected chi connectivity index (χ4v) is 2.09. The van der Waals surface area contributed by atoms with Crippen molar-refractivity contribution in [2.45, 2.75) is 11.3 Å². The second-order valence-corrected chi connectivity index (χ2v) is 4.92. The number of nitrogens with one attached hydrogen (secondary N) is 1. The summed E-state index contributed by atoms with van der Waals surface area (Å²) in [6.07, 6.45) is 0.788. The number of rotatable bonds is 5. The van der Waals surface area contributed by atoms with Crippen molar-refractivity contribution in [3.05, 3.63) is 59.7 Å². The van der Waals surface area contributed by atoms with Crippen LogP contribution < -0.4 is 10.1 Å². The highest BCUT2D eigenvalue weighted by Crippen LogP contribution is 2.11. The first-order valence-corrected chi connectivity index (χ1v) is 6.84. The van der Waals surface area contributed by atoms with Gasteiger partial charge in [0.15, 0.2) is 0 Å². The Morgan fingerprint density at radius 1 is 1.20 bits per heavy atom. The van der Waals surface area contributed by atoms with E-state index in [9.17, 15) is 4.79 Å². The molecular weight excluding hydrogens is 270 g/mol. The normalized spacial score (nSPS) is 10.1. The molecule has 0 atom stereocenters. The van der Waals surface area contributed by atoms with Crippen molar-refractivity contribution < 1.29 is 9.53 Å². The molecule has 2 aromatic carbocycles. The molecule has 3 nitrogen and oxygen atoms in total. The summed E-state index contributed by atoms with van der Waals surface area (Å²) >= 11 is 4.22. The van der Waals surface area contributed by atoms with Crippen LogP contribution in [-0.4, -0.2) is 19.6 Å². The van der Waals surface area contributed by atoms with E-state index in [2.05, 4.69) is 17.9 Å². The molecule has 0 heterocycles. The van der Waals surface area contributed by atoms with E-state index in [-0.39, 0.29) is 5.91 Å². The lowest BCUT2D eigenvalue weighted by atomic mass is 10.1. The van der Waals surface area contributed by atoms with Gasteiger partial charge in [0.2, 0.25) is 0 Å². The van der Waals surface area contributed by atoms with Crippen LogP contribution >= 0.6 is 12.6 Å². The Kier molecular flexibility index (Phi) is 5.07. The Balaban J connectivity index is 1.84. The number of hydrogen-bond acceptors (Lipinski definition) is 3. The summed E-state index contributed by atoms with van der Waals surface area (Å²) in [4.78, 5) is 12.7. The summed E-state index contributed by atoms with van der Waals surface area (Å²) < 4.78 is 5.10. The number of amides is 1. The van der Waals surface area contributed by atoms with Crippen molar-refractivity contribution in [1.82, 2.24) is 5.32 Å². The van der Waals surface area contributed by atoms with Gasteiger partial charge in [0.25, 0.3) is 5.91 Å². The van der Waals surface area contributed by atoms with E-state index < -0.39 is 0 Å². The fraction of sp³-hybridized carbons (Fsp3) is 0.188. The zero-order valence-corrected chi connectivity index (χ0v) is 12.2. The summed E-state index contributed by atoms with van der Waals surface area (Å²) in [6.45, 7) is 0.599. The molecule has 104 valence electrons. The van der Waals surface area contributed by atoms with Crippen LogP contribution in [0.4, 0.5) is 0 Å². The van der Waals surface area contributed by atoms with Crippen LogP contribution in [0.3, 0.4) is 0 Å². The highest BCUT2D eigenvalue weighted by molar-refractivity contribution is 7.80. The molecule has 0 aliphatic heterocycles. The van der Waals surface area contributed by atoms with E-state index in [4.69, 9.17) is 4.74 Å². The van der Waals surface area contributed by atoms with Crippen LogP contribution in [0.25, 0.3) is 0 Å². The molecule has 0 saturated heterocycles. The van der Waals surface area contributed by atoms with Crippen LogP contribution in [0.15, 0.2) is 53.4 Å². The maximum atomic E-state index is 11.9. The quantitative estimate of drug-likeness (QED) is 0.830. The van der Waals surface area contributed by atoms with Crippen molar-refractivity contribution in [2.75, 3.05) is 13.7 Å². The molecule has 2 aromatic rings. The lowest BCUT2D eigenvalue weighted by Crippen LogP contribution is -2.25. The maximum Gasteiger partial charge on any atom is 0.251 e. The first-order chi connectivity index (χ1) is 9.69. The second-order valence-electron chi connectivity index (χ2n) is 4.40. The van der Waals surface area contributed by atoms with Crippen molar-refractivity contribution in [3.63, 3.8) is 0 Å². The van der Waals surface area contributed by atoms with Crippen LogP contribution in [0.5, 0.6) is 5.75 Å². The zero-order valence-electron chi connectivity index (χ0n) is 11.3. The third-order valence-electron chi connectivity index (χ3n) is 2.97. The smallest absolute Gasteiger partial charge is 0.251 e. The van der Waals surface area contributed by atoms with E-state index in [0.29, 0.717) is 12.1 Å². The molecule has 0 aromatic heterocycles. The van der Waals surface area contributed by atoms with Crippen LogP contribution in [0.2, 0.25) is 0 Å². The molecular formula is C16H17NO2S. The minimum atomic E-state index is -0.0746. The second kappa shape index (κ2) is 7.01. The molecule has 0 bridgehead atoms. The van der Waals surface area contributed by atoms with Gasteiger partial charge in [0, 0.05) is 17.0 Å². The number of hydrogen-bond donors (Lipinski definition) is 2. The van der Waals surface area contributed by atoms with Gasteiger partial charge in [-0.15, -0.1) is 12.6 Å². The molecule has 0 fully saturated rings. The number of methoxy groups -OCH3 is 1. The van der Waals surface area contributed by atoms with Crippen LogP contribution in [0.1, 0.15) is 15.9 Å². The first kappa shape index (κ1) is 14.5. The third kappa shape index (κ3) is 4.03. The SMILES string of the molecule is COc1ccc(CCNC(=O)c2cccc(S)c2)cc1. The molecule has 0 unspecified atom stereocenters. The molecule has 0 spiro atoms. The summed E-state index contributed by atoms with van der Waals surface area (Å²) in [7, 11) is 1.64. The number of carbonyl (C=O) groups excluding carboxylic acids is 1. The van der Waals surface area contributed by atoms with E-state index in [0.717, 1.165) is 22.6 Å². The average Bonchev–Trinajstić information content (AvgIpc) is 2.48.